The number of nitrogens with zero attached hydrogens (tertiary/aromatic N) is 2. The van der Waals surface area contributed by atoms with Gasteiger partial charge in [-0.15, -0.1) is 0 Å². The first-order valence-electron chi connectivity index (χ1n) is 19.6. The predicted octanol–water partition coefficient (Wildman–Crippen LogP) is 12.0. The molecule has 0 saturated carbocycles. The van der Waals surface area contributed by atoms with Crippen molar-refractivity contribution < 1.29 is 8.83 Å². The van der Waals surface area contributed by atoms with E-state index in [1.165, 1.54) is 0 Å². The second-order valence-electron chi connectivity index (χ2n) is 14.5. The summed E-state index contributed by atoms with van der Waals surface area (Å²) in [5.41, 5.74) is 11.7. The predicted molar refractivity (Wildman–Crippen MR) is 234 cm³/mol. The van der Waals surface area contributed by atoms with Crippen LogP contribution in [0.1, 0.15) is 38.8 Å². The molecule has 0 fully saturated rings. The maximum absolute atomic E-state index is 13.5. The fraction of sp³-hybridized carbons (Fsp3) is 0.200. The van der Waals surface area contributed by atoms with Crippen molar-refractivity contribution in [1.82, 2.24) is 0 Å². The summed E-state index contributed by atoms with van der Waals surface area (Å²) in [7, 11) is 0. The van der Waals surface area contributed by atoms with E-state index in [1.807, 2.05) is 60.7 Å². The highest BCUT2D eigenvalue weighted by Gasteiger charge is 2.17. The molecule has 0 N–H and O–H groups in total. The lowest BCUT2D eigenvalue weighted by molar-refractivity contribution is 0.563. The summed E-state index contributed by atoms with van der Waals surface area (Å²) >= 11 is 0. The van der Waals surface area contributed by atoms with Crippen LogP contribution in [0.2, 0.25) is 0 Å². The summed E-state index contributed by atoms with van der Waals surface area (Å²) in [5, 5.41) is 3.99. The second-order valence-corrected chi connectivity index (χ2v) is 14.5. The summed E-state index contributed by atoms with van der Waals surface area (Å²) in [4.78, 5) is 31.4. The van der Waals surface area contributed by atoms with Crippen molar-refractivity contribution in [1.29, 1.82) is 0 Å². The monoisotopic (exact) mass is 738 g/mol. The number of hydrogen-bond donors (Lipinski definition) is 0. The lowest BCUT2D eigenvalue weighted by Crippen LogP contribution is -2.21. The van der Waals surface area contributed by atoms with Crippen molar-refractivity contribution in [2.75, 3.05) is 36.0 Å². The Morgan fingerprint density at radius 2 is 0.839 bits per heavy atom. The number of fused-ring (bicyclic) bond motifs is 3. The van der Waals surface area contributed by atoms with Gasteiger partial charge >= 0.3 is 11.3 Å². The standard InChI is InChI=1S/C50H46N2O4/c1-7-51(8-2)39-21-19-35-27-43(49(53)55-45(35)29-39)33-13-11-15-37(25-33)47-31(5)17-24-42-41(47)23-18-32(6)48(42)38-16-12-14-34(26-38)44-28-36-20-22-40(52(9-3)10-4)30-46(36)56-50(44)54/h11-30H,7-10H2,1-6H3. The highest BCUT2D eigenvalue weighted by atomic mass is 16.4. The van der Waals surface area contributed by atoms with Gasteiger partial charge in [0.2, 0.25) is 0 Å². The Bertz CT molecular complexity index is 2700. The van der Waals surface area contributed by atoms with Gasteiger partial charge in [-0.05, 0) is 145 Å². The molecule has 0 aliphatic heterocycles. The molecule has 0 amide bonds. The minimum absolute atomic E-state index is 0.358. The largest absolute Gasteiger partial charge is 0.422 e. The van der Waals surface area contributed by atoms with Gasteiger partial charge in [-0.25, -0.2) is 9.59 Å². The Balaban J connectivity index is 1.20. The molecule has 0 spiro atoms. The van der Waals surface area contributed by atoms with E-state index >= 15 is 0 Å². The quantitative estimate of drug-likeness (QED) is 0.130. The number of anilines is 2. The average Bonchev–Trinajstić information content (AvgIpc) is 3.21. The summed E-state index contributed by atoms with van der Waals surface area (Å²) in [5.74, 6) is 0. The van der Waals surface area contributed by atoms with Gasteiger partial charge in [-0.3, -0.25) is 0 Å². The van der Waals surface area contributed by atoms with Crippen molar-refractivity contribution in [3.63, 3.8) is 0 Å². The van der Waals surface area contributed by atoms with Crippen LogP contribution in [-0.4, -0.2) is 26.2 Å². The molecule has 2 aromatic heterocycles. The highest BCUT2D eigenvalue weighted by molar-refractivity contribution is 6.07. The first-order chi connectivity index (χ1) is 27.2. The number of aryl methyl sites for hydroxylation is 2. The van der Waals surface area contributed by atoms with Crippen molar-refractivity contribution in [2.45, 2.75) is 41.5 Å². The Kier molecular flexibility index (Phi) is 9.81. The maximum atomic E-state index is 13.5. The summed E-state index contributed by atoms with van der Waals surface area (Å²) in [6.07, 6.45) is 0. The Labute approximate surface area is 327 Å². The van der Waals surface area contributed by atoms with Gasteiger partial charge in [0.25, 0.3) is 0 Å². The molecule has 2 heterocycles. The minimum atomic E-state index is -0.358. The van der Waals surface area contributed by atoms with Gasteiger partial charge in [0.05, 0.1) is 11.1 Å². The summed E-state index contributed by atoms with van der Waals surface area (Å²) < 4.78 is 11.9. The normalized spacial score (nSPS) is 11.5. The van der Waals surface area contributed by atoms with Crippen LogP contribution in [0, 0.1) is 13.8 Å². The van der Waals surface area contributed by atoms with Crippen LogP contribution in [0.25, 0.3) is 77.2 Å². The fourth-order valence-corrected chi connectivity index (χ4v) is 8.25. The van der Waals surface area contributed by atoms with E-state index in [0.717, 1.165) is 104 Å². The first kappa shape index (κ1) is 36.6. The van der Waals surface area contributed by atoms with Gasteiger partial charge in [0.15, 0.2) is 0 Å². The minimum Gasteiger partial charge on any atom is -0.422 e. The third-order valence-electron chi connectivity index (χ3n) is 11.2. The molecule has 0 radical (unpaired) electrons. The molecule has 0 aliphatic carbocycles. The van der Waals surface area contributed by atoms with E-state index < -0.39 is 0 Å². The molecule has 280 valence electrons. The number of benzene rings is 6. The topological polar surface area (TPSA) is 66.9 Å². The maximum Gasteiger partial charge on any atom is 0.344 e. The van der Waals surface area contributed by atoms with Crippen molar-refractivity contribution in [2.24, 2.45) is 0 Å². The SMILES string of the molecule is CCN(CC)c1ccc2cc(-c3cccc(-c4c(C)ccc5c(-c6cccc(-c7cc8ccc(N(CC)CC)cc8oc7=O)c6)c(C)ccc45)c3)c(=O)oc2c1. The molecule has 0 aliphatic rings. The van der Waals surface area contributed by atoms with Crippen LogP contribution in [0.15, 0.2) is 140 Å². The van der Waals surface area contributed by atoms with E-state index in [4.69, 9.17) is 8.83 Å². The number of hydrogen-bond acceptors (Lipinski definition) is 6. The summed E-state index contributed by atoms with van der Waals surface area (Å²) in [6, 6.07) is 41.1. The van der Waals surface area contributed by atoms with E-state index in [-0.39, 0.29) is 11.3 Å². The van der Waals surface area contributed by atoms with E-state index in [2.05, 4.69) is 112 Å². The molecule has 6 nitrogen and oxygen atoms in total. The molecule has 0 bridgehead atoms. The van der Waals surface area contributed by atoms with E-state index in [9.17, 15) is 9.59 Å². The summed E-state index contributed by atoms with van der Waals surface area (Å²) in [6.45, 7) is 16.2. The van der Waals surface area contributed by atoms with Crippen molar-refractivity contribution in [3.05, 3.63) is 153 Å². The van der Waals surface area contributed by atoms with Crippen LogP contribution in [-0.2, 0) is 0 Å². The average molecular weight is 739 g/mol. The molecule has 6 heteroatoms. The third-order valence-corrected chi connectivity index (χ3v) is 11.2. The van der Waals surface area contributed by atoms with Crippen LogP contribution >= 0.6 is 0 Å². The van der Waals surface area contributed by atoms with Gasteiger partial charge < -0.3 is 18.6 Å². The van der Waals surface area contributed by atoms with Crippen LogP contribution in [0.5, 0.6) is 0 Å². The zero-order chi connectivity index (χ0) is 39.1. The lowest BCUT2D eigenvalue weighted by Gasteiger charge is -2.21. The second kappa shape index (κ2) is 15.0. The fourth-order valence-electron chi connectivity index (χ4n) is 8.25. The smallest absolute Gasteiger partial charge is 0.344 e. The van der Waals surface area contributed by atoms with Crippen LogP contribution in [0.4, 0.5) is 11.4 Å². The molecule has 8 aromatic rings. The Morgan fingerprint density at radius 1 is 0.446 bits per heavy atom. The van der Waals surface area contributed by atoms with Crippen LogP contribution in [0.3, 0.4) is 0 Å². The van der Waals surface area contributed by atoms with E-state index in [1.54, 1.807) is 0 Å². The van der Waals surface area contributed by atoms with Crippen LogP contribution < -0.4 is 21.1 Å². The molecular formula is C50H46N2O4. The Morgan fingerprint density at radius 3 is 1.23 bits per heavy atom. The third kappa shape index (κ3) is 6.55. The Hall–Kier alpha value is -6.40. The lowest BCUT2D eigenvalue weighted by atomic mass is 9.87. The molecular weight excluding hydrogens is 693 g/mol. The van der Waals surface area contributed by atoms with Gasteiger partial charge in [-0.2, -0.15) is 0 Å². The van der Waals surface area contributed by atoms with Gasteiger partial charge in [0.1, 0.15) is 11.2 Å². The zero-order valence-electron chi connectivity index (χ0n) is 32.9. The van der Waals surface area contributed by atoms with Crippen molar-refractivity contribution in [3.8, 4) is 44.5 Å². The molecule has 0 unspecified atom stereocenters. The molecule has 56 heavy (non-hydrogen) atoms. The highest BCUT2D eigenvalue weighted by Crippen LogP contribution is 2.40. The molecule has 0 atom stereocenters. The molecule has 0 saturated heterocycles. The zero-order valence-corrected chi connectivity index (χ0v) is 32.9. The number of rotatable bonds is 10. The first-order valence-corrected chi connectivity index (χ1v) is 19.6. The van der Waals surface area contributed by atoms with Gasteiger partial charge in [-0.1, -0.05) is 60.7 Å². The van der Waals surface area contributed by atoms with E-state index in [0.29, 0.717) is 22.3 Å². The van der Waals surface area contributed by atoms with Crippen molar-refractivity contribution >= 4 is 44.1 Å². The molecule has 8 rings (SSSR count). The molecule has 6 aromatic carbocycles. The van der Waals surface area contributed by atoms with Gasteiger partial charge in [0, 0.05) is 60.5 Å².